The van der Waals surface area contributed by atoms with E-state index in [9.17, 15) is 19.2 Å². The molecule has 6 atom stereocenters. The second kappa shape index (κ2) is 9.97. The average Bonchev–Trinajstić information content (AvgIpc) is 3.54. The molecule has 1 N–H and O–H groups in total. The maximum absolute atomic E-state index is 13.2. The second-order valence-corrected chi connectivity index (χ2v) is 10.4. The number of nitrogens with zero attached hydrogens (tertiary/aromatic N) is 2. The first-order valence-electron chi connectivity index (χ1n) is 12.8. The lowest BCUT2D eigenvalue weighted by atomic mass is 9.88. The van der Waals surface area contributed by atoms with E-state index >= 15 is 0 Å². The first-order chi connectivity index (χ1) is 17.0. The van der Waals surface area contributed by atoms with Crippen LogP contribution in [0, 0.1) is 29.6 Å². The molecule has 2 aliphatic heterocycles. The van der Waals surface area contributed by atoms with Crippen molar-refractivity contribution in [2.45, 2.75) is 64.5 Å². The summed E-state index contributed by atoms with van der Waals surface area (Å²) in [5.74, 6) is -1.51. The molecule has 2 aliphatic carbocycles. The van der Waals surface area contributed by atoms with Gasteiger partial charge in [-0.15, -0.1) is 5.06 Å². The molecule has 5 rings (SSSR count). The van der Waals surface area contributed by atoms with Gasteiger partial charge in [0.1, 0.15) is 6.04 Å². The predicted octanol–water partition coefficient (Wildman–Crippen LogP) is 3.20. The first kappa shape index (κ1) is 23.8. The minimum Gasteiger partial charge on any atom is -0.328 e. The smallest absolute Gasteiger partial charge is 0.328 e. The van der Waals surface area contributed by atoms with Crippen molar-refractivity contribution in [1.29, 1.82) is 0 Å². The number of fused-ring (bicyclic) bond motifs is 1. The van der Waals surface area contributed by atoms with Crippen molar-refractivity contribution in [2.75, 3.05) is 6.54 Å². The Bertz CT molecular complexity index is 985. The standard InChI is InChI=1S/C26H33N3O6/c1-16-12-13-20(28(14-16)26(33)27-34-15-17-8-4-2-5-9-17)25(32)35-29-23(30)19-11-7-3-6-10-18-21(19)22(18)24(29)31/h2,4-5,8-9,16,18-22H,3,6-7,10-15H2,1H3,(H,27,33)/t16-,18?,19?,20+,21?,22?/m1/s1. The average molecular weight is 484 g/mol. The third-order valence-corrected chi connectivity index (χ3v) is 8.02. The molecular weight excluding hydrogens is 450 g/mol. The summed E-state index contributed by atoms with van der Waals surface area (Å²) < 4.78 is 0. The number of hydrogen-bond donors (Lipinski definition) is 1. The van der Waals surface area contributed by atoms with Crippen molar-refractivity contribution in [3.8, 4) is 0 Å². The van der Waals surface area contributed by atoms with Gasteiger partial charge >= 0.3 is 12.0 Å². The zero-order chi connectivity index (χ0) is 24.5. The van der Waals surface area contributed by atoms with E-state index in [2.05, 4.69) is 5.48 Å². The molecular formula is C26H33N3O6. The van der Waals surface area contributed by atoms with E-state index in [1.165, 1.54) is 4.90 Å². The molecule has 0 radical (unpaired) electrons. The van der Waals surface area contributed by atoms with Gasteiger partial charge in [-0.25, -0.2) is 15.1 Å². The van der Waals surface area contributed by atoms with Gasteiger partial charge in [-0.2, -0.15) is 0 Å². The van der Waals surface area contributed by atoms with Gasteiger partial charge in [0.15, 0.2) is 0 Å². The van der Waals surface area contributed by atoms with E-state index in [1.54, 1.807) is 0 Å². The number of benzene rings is 1. The molecule has 2 heterocycles. The Kier molecular flexibility index (Phi) is 6.77. The number of piperidine rings is 2. The molecule has 0 aromatic heterocycles. The molecule has 35 heavy (non-hydrogen) atoms. The highest BCUT2D eigenvalue weighted by Crippen LogP contribution is 2.59. The number of amides is 4. The highest BCUT2D eigenvalue weighted by Gasteiger charge is 2.66. The van der Waals surface area contributed by atoms with Crippen LogP contribution in [0.1, 0.15) is 57.4 Å². The van der Waals surface area contributed by atoms with Crippen LogP contribution in [0.5, 0.6) is 0 Å². The number of carbonyl (C=O) groups excluding carboxylic acids is 4. The fourth-order valence-electron chi connectivity index (χ4n) is 6.14. The SMILES string of the molecule is C[C@@H]1CC[C@@H](C(=O)ON2C(=O)C3CCCCCC4C(C2=O)C34)N(C(=O)NOCc2ccccc2)C1. The molecule has 9 nitrogen and oxygen atoms in total. The minimum absolute atomic E-state index is 0.102. The van der Waals surface area contributed by atoms with Crippen molar-refractivity contribution in [3.05, 3.63) is 35.9 Å². The molecule has 4 amide bonds. The van der Waals surface area contributed by atoms with Crippen molar-refractivity contribution >= 4 is 23.8 Å². The van der Waals surface area contributed by atoms with E-state index in [1.807, 2.05) is 37.3 Å². The molecule has 9 heteroatoms. The number of rotatable bonds is 5. The largest absolute Gasteiger partial charge is 0.355 e. The summed E-state index contributed by atoms with van der Waals surface area (Å²) >= 11 is 0. The molecule has 0 bridgehead atoms. The van der Waals surface area contributed by atoms with Crippen molar-refractivity contribution < 1.29 is 28.9 Å². The van der Waals surface area contributed by atoms with Crippen LogP contribution in [0.15, 0.2) is 30.3 Å². The molecule has 1 aromatic rings. The van der Waals surface area contributed by atoms with Crippen molar-refractivity contribution in [3.63, 3.8) is 0 Å². The van der Waals surface area contributed by atoms with Gasteiger partial charge in [0, 0.05) is 18.4 Å². The maximum Gasteiger partial charge on any atom is 0.355 e. The zero-order valence-corrected chi connectivity index (χ0v) is 20.1. The number of nitrogens with one attached hydrogen (secondary N) is 1. The van der Waals surface area contributed by atoms with Crippen LogP contribution >= 0.6 is 0 Å². The third kappa shape index (κ3) is 4.78. The molecule has 4 unspecified atom stereocenters. The molecule has 0 spiro atoms. The summed E-state index contributed by atoms with van der Waals surface area (Å²) in [5.41, 5.74) is 3.31. The van der Waals surface area contributed by atoms with E-state index < -0.39 is 29.9 Å². The number of imide groups is 1. The Morgan fingerprint density at radius 2 is 1.77 bits per heavy atom. The fraction of sp³-hybridized carbons (Fsp3) is 0.615. The molecule has 1 aromatic carbocycles. The van der Waals surface area contributed by atoms with Crippen LogP contribution in [-0.4, -0.2) is 46.4 Å². The molecule has 4 fully saturated rings. The number of urea groups is 1. The van der Waals surface area contributed by atoms with Gasteiger partial charge in [-0.3, -0.25) is 14.4 Å². The maximum atomic E-state index is 13.2. The van der Waals surface area contributed by atoms with Crippen molar-refractivity contribution in [2.24, 2.45) is 29.6 Å². The van der Waals surface area contributed by atoms with E-state index in [0.717, 1.165) is 49.2 Å². The summed E-state index contributed by atoms with van der Waals surface area (Å²) in [6.45, 7) is 2.54. The molecule has 188 valence electrons. The van der Waals surface area contributed by atoms with E-state index in [0.29, 0.717) is 13.0 Å². The van der Waals surface area contributed by atoms with E-state index in [-0.39, 0.29) is 36.2 Å². The van der Waals surface area contributed by atoms with Crippen LogP contribution in [0.3, 0.4) is 0 Å². The lowest BCUT2D eigenvalue weighted by Crippen LogP contribution is -2.56. The van der Waals surface area contributed by atoms with Crippen LogP contribution < -0.4 is 5.48 Å². The van der Waals surface area contributed by atoms with E-state index in [4.69, 9.17) is 9.68 Å². The highest BCUT2D eigenvalue weighted by molar-refractivity contribution is 6.02. The van der Waals surface area contributed by atoms with Crippen LogP contribution in [0.4, 0.5) is 4.79 Å². The van der Waals surface area contributed by atoms with Crippen LogP contribution in [0.2, 0.25) is 0 Å². The summed E-state index contributed by atoms with van der Waals surface area (Å²) in [6.07, 6.45) is 5.87. The number of carbonyl (C=O) groups is 4. The van der Waals surface area contributed by atoms with Crippen molar-refractivity contribution in [1.82, 2.24) is 15.4 Å². The summed E-state index contributed by atoms with van der Waals surface area (Å²) in [4.78, 5) is 64.4. The second-order valence-electron chi connectivity index (χ2n) is 10.4. The normalized spacial score (nSPS) is 32.3. The Hall–Kier alpha value is -2.94. The van der Waals surface area contributed by atoms with Gasteiger partial charge < -0.3 is 9.74 Å². The van der Waals surface area contributed by atoms with Gasteiger partial charge in [-0.1, -0.05) is 56.5 Å². The fourth-order valence-corrected chi connectivity index (χ4v) is 6.14. The lowest BCUT2D eigenvalue weighted by molar-refractivity contribution is -0.212. The van der Waals surface area contributed by atoms with Gasteiger partial charge in [0.05, 0.1) is 6.61 Å². The quantitative estimate of drug-likeness (QED) is 0.509. The van der Waals surface area contributed by atoms with Crippen LogP contribution in [-0.2, 0) is 30.7 Å². The Morgan fingerprint density at radius 1 is 1.00 bits per heavy atom. The number of hydroxylamine groups is 3. The topological polar surface area (TPSA) is 105 Å². The summed E-state index contributed by atoms with van der Waals surface area (Å²) in [5, 5.41) is 0.722. The predicted molar refractivity (Wildman–Crippen MR) is 124 cm³/mol. The zero-order valence-electron chi connectivity index (χ0n) is 20.1. The highest BCUT2D eigenvalue weighted by atomic mass is 16.7. The minimum atomic E-state index is -0.894. The monoisotopic (exact) mass is 483 g/mol. The molecule has 2 saturated heterocycles. The lowest BCUT2D eigenvalue weighted by Gasteiger charge is -2.37. The number of likely N-dealkylation sites (tertiary alicyclic amines) is 1. The first-order valence-corrected chi connectivity index (χ1v) is 12.8. The Morgan fingerprint density at radius 3 is 2.57 bits per heavy atom. The molecule has 4 aliphatic rings. The number of hydrogen-bond acceptors (Lipinski definition) is 6. The summed E-state index contributed by atoms with van der Waals surface area (Å²) in [6, 6.07) is 7.97. The molecule has 2 saturated carbocycles. The summed E-state index contributed by atoms with van der Waals surface area (Å²) in [7, 11) is 0. The van der Waals surface area contributed by atoms with Gasteiger partial charge in [0.2, 0.25) is 0 Å². The Labute approximate surface area is 205 Å². The van der Waals surface area contributed by atoms with Crippen LogP contribution in [0.25, 0.3) is 0 Å². The third-order valence-electron chi connectivity index (χ3n) is 8.02. The Balaban J connectivity index is 1.23. The van der Waals surface area contributed by atoms with Gasteiger partial charge in [-0.05, 0) is 49.0 Å². The van der Waals surface area contributed by atoms with Gasteiger partial charge in [0.25, 0.3) is 11.8 Å².